The van der Waals surface area contributed by atoms with Crippen LogP contribution in [-0.2, 0) is 17.4 Å². The van der Waals surface area contributed by atoms with E-state index in [0.717, 1.165) is 23.4 Å². The minimum absolute atomic E-state index is 0.413. The molecule has 1 atom stereocenters. The summed E-state index contributed by atoms with van der Waals surface area (Å²) in [5.74, 6) is 0.862. The molecule has 0 bridgehead atoms. The fourth-order valence-corrected chi connectivity index (χ4v) is 2.91. The number of anilines is 1. The van der Waals surface area contributed by atoms with E-state index in [2.05, 4.69) is 36.9 Å². The molecule has 4 heterocycles. The van der Waals surface area contributed by atoms with Gasteiger partial charge in [-0.15, -0.1) is 0 Å². The van der Waals surface area contributed by atoms with Gasteiger partial charge in [-0.1, -0.05) is 0 Å². The Bertz CT molecular complexity index is 810. The number of morpholine rings is 1. The van der Waals surface area contributed by atoms with Crippen molar-refractivity contribution in [3.8, 4) is 0 Å². The maximum absolute atomic E-state index is 6.05. The van der Waals surface area contributed by atoms with Crippen molar-refractivity contribution < 1.29 is 4.74 Å². The first-order valence-electron chi connectivity index (χ1n) is 7.18. The lowest BCUT2D eigenvalue weighted by molar-refractivity contribution is -0.0467. The van der Waals surface area contributed by atoms with E-state index in [1.54, 1.807) is 17.3 Å². The standard InChI is InChI=1S/C14H17N7O/c1-14(10-5-19-20(2)6-10)7-21(3-4-22-14)13-11-12(16-8-15-11)17-9-18-13/h5-6,8-9H,3-4,7H2,1-2H3,(H,15,16,17,18). The van der Waals surface area contributed by atoms with Crippen LogP contribution in [0, 0.1) is 0 Å². The summed E-state index contributed by atoms with van der Waals surface area (Å²) in [6.45, 7) is 4.19. The lowest BCUT2D eigenvalue weighted by Gasteiger charge is -2.40. The van der Waals surface area contributed by atoms with Crippen LogP contribution in [-0.4, -0.2) is 49.4 Å². The molecule has 0 aliphatic carbocycles. The predicted molar refractivity (Wildman–Crippen MR) is 80.4 cm³/mol. The molecule has 0 spiro atoms. The van der Waals surface area contributed by atoms with Crippen molar-refractivity contribution in [3.63, 3.8) is 0 Å². The van der Waals surface area contributed by atoms with Gasteiger partial charge in [0.05, 0.1) is 25.7 Å². The molecular formula is C14H17N7O. The molecule has 1 unspecified atom stereocenters. The number of nitrogens with zero attached hydrogens (tertiary/aromatic N) is 6. The second-order valence-electron chi connectivity index (χ2n) is 5.70. The van der Waals surface area contributed by atoms with Crippen LogP contribution in [0.25, 0.3) is 11.2 Å². The minimum Gasteiger partial charge on any atom is -0.367 e. The van der Waals surface area contributed by atoms with Crippen LogP contribution in [0.4, 0.5) is 5.82 Å². The summed E-state index contributed by atoms with van der Waals surface area (Å²) in [5.41, 5.74) is 2.19. The van der Waals surface area contributed by atoms with Crippen LogP contribution in [0.5, 0.6) is 0 Å². The summed E-state index contributed by atoms with van der Waals surface area (Å²) in [6.07, 6.45) is 7.05. The Morgan fingerprint density at radius 2 is 2.23 bits per heavy atom. The molecule has 0 amide bonds. The van der Waals surface area contributed by atoms with Gasteiger partial charge in [0, 0.05) is 25.4 Å². The third-order valence-corrected chi connectivity index (χ3v) is 4.09. The maximum Gasteiger partial charge on any atom is 0.182 e. The Morgan fingerprint density at radius 1 is 1.32 bits per heavy atom. The van der Waals surface area contributed by atoms with E-state index in [1.807, 2.05) is 19.4 Å². The molecule has 22 heavy (non-hydrogen) atoms. The third-order valence-electron chi connectivity index (χ3n) is 4.09. The summed E-state index contributed by atoms with van der Waals surface area (Å²) < 4.78 is 7.84. The van der Waals surface area contributed by atoms with Gasteiger partial charge in [0.25, 0.3) is 0 Å². The zero-order chi connectivity index (χ0) is 15.2. The van der Waals surface area contributed by atoms with E-state index in [1.165, 1.54) is 0 Å². The van der Waals surface area contributed by atoms with E-state index in [-0.39, 0.29) is 0 Å². The van der Waals surface area contributed by atoms with Crippen LogP contribution in [0.3, 0.4) is 0 Å². The molecule has 4 rings (SSSR count). The monoisotopic (exact) mass is 299 g/mol. The normalized spacial score (nSPS) is 22.4. The van der Waals surface area contributed by atoms with Crippen LogP contribution in [0.1, 0.15) is 12.5 Å². The molecule has 8 nitrogen and oxygen atoms in total. The van der Waals surface area contributed by atoms with Crippen LogP contribution in [0.15, 0.2) is 25.0 Å². The van der Waals surface area contributed by atoms with Crippen molar-refractivity contribution in [2.24, 2.45) is 7.05 Å². The number of aromatic nitrogens is 6. The second kappa shape index (κ2) is 4.77. The molecule has 114 valence electrons. The lowest BCUT2D eigenvalue weighted by atomic mass is 9.97. The number of hydrogen-bond donors (Lipinski definition) is 1. The van der Waals surface area contributed by atoms with Crippen molar-refractivity contribution in [1.82, 2.24) is 29.7 Å². The van der Waals surface area contributed by atoms with Crippen molar-refractivity contribution in [2.75, 3.05) is 24.6 Å². The number of rotatable bonds is 2. The first-order chi connectivity index (χ1) is 10.7. The van der Waals surface area contributed by atoms with Gasteiger partial charge in [0.15, 0.2) is 11.5 Å². The third kappa shape index (κ3) is 2.03. The Balaban J connectivity index is 1.70. The SMILES string of the molecule is Cn1cc(C2(C)CN(c3ncnc4nc[nH]c34)CCO2)cn1. The average Bonchev–Trinajstić information content (AvgIpc) is 3.15. The number of ether oxygens (including phenoxy) is 1. The van der Waals surface area contributed by atoms with Crippen molar-refractivity contribution in [2.45, 2.75) is 12.5 Å². The maximum atomic E-state index is 6.05. The van der Waals surface area contributed by atoms with E-state index in [4.69, 9.17) is 4.74 Å². The molecule has 3 aromatic heterocycles. The molecule has 3 aromatic rings. The fraction of sp³-hybridized carbons (Fsp3) is 0.429. The molecule has 1 aliphatic heterocycles. The number of fused-ring (bicyclic) bond motifs is 1. The molecular weight excluding hydrogens is 282 g/mol. The van der Waals surface area contributed by atoms with Crippen LogP contribution >= 0.6 is 0 Å². The van der Waals surface area contributed by atoms with Gasteiger partial charge >= 0.3 is 0 Å². The highest BCUT2D eigenvalue weighted by atomic mass is 16.5. The summed E-state index contributed by atoms with van der Waals surface area (Å²) in [7, 11) is 1.91. The van der Waals surface area contributed by atoms with Gasteiger partial charge in [-0.25, -0.2) is 15.0 Å². The molecule has 1 fully saturated rings. The van der Waals surface area contributed by atoms with Gasteiger partial charge in [-0.05, 0) is 6.92 Å². The molecule has 1 saturated heterocycles. The van der Waals surface area contributed by atoms with Gasteiger partial charge in [-0.2, -0.15) is 5.10 Å². The molecule has 0 aromatic carbocycles. The minimum atomic E-state index is -0.413. The smallest absolute Gasteiger partial charge is 0.182 e. The zero-order valence-corrected chi connectivity index (χ0v) is 12.5. The summed E-state index contributed by atoms with van der Waals surface area (Å²) >= 11 is 0. The van der Waals surface area contributed by atoms with Crippen LogP contribution in [0.2, 0.25) is 0 Å². The molecule has 0 saturated carbocycles. The first-order valence-corrected chi connectivity index (χ1v) is 7.18. The number of hydrogen-bond acceptors (Lipinski definition) is 6. The first kappa shape index (κ1) is 13.2. The van der Waals surface area contributed by atoms with E-state index < -0.39 is 5.60 Å². The molecule has 8 heteroatoms. The number of imidazole rings is 1. The quantitative estimate of drug-likeness (QED) is 0.755. The Labute approximate surface area is 127 Å². The van der Waals surface area contributed by atoms with Gasteiger partial charge in [0.1, 0.15) is 17.4 Å². The van der Waals surface area contributed by atoms with Crippen molar-refractivity contribution in [3.05, 3.63) is 30.6 Å². The Hall–Kier alpha value is -2.48. The topological polar surface area (TPSA) is 84.8 Å². The molecule has 1 aliphatic rings. The Morgan fingerprint density at radius 3 is 3.05 bits per heavy atom. The van der Waals surface area contributed by atoms with Crippen molar-refractivity contribution >= 4 is 17.0 Å². The second-order valence-corrected chi connectivity index (χ2v) is 5.70. The highest BCUT2D eigenvalue weighted by molar-refractivity contribution is 5.82. The summed E-state index contributed by atoms with van der Waals surface area (Å²) in [4.78, 5) is 18.1. The molecule has 0 radical (unpaired) electrons. The van der Waals surface area contributed by atoms with E-state index in [9.17, 15) is 0 Å². The highest BCUT2D eigenvalue weighted by Gasteiger charge is 2.36. The van der Waals surface area contributed by atoms with Gasteiger partial charge in [-0.3, -0.25) is 4.68 Å². The van der Waals surface area contributed by atoms with Gasteiger partial charge < -0.3 is 14.6 Å². The Kier molecular flexibility index (Phi) is 2.86. The zero-order valence-electron chi connectivity index (χ0n) is 12.5. The largest absolute Gasteiger partial charge is 0.367 e. The predicted octanol–water partition coefficient (Wildman–Crippen LogP) is 0.838. The molecule has 1 N–H and O–H groups in total. The van der Waals surface area contributed by atoms with E-state index in [0.29, 0.717) is 18.8 Å². The van der Waals surface area contributed by atoms with Crippen molar-refractivity contribution in [1.29, 1.82) is 0 Å². The van der Waals surface area contributed by atoms with Crippen LogP contribution < -0.4 is 4.90 Å². The number of aryl methyl sites for hydroxylation is 1. The summed E-state index contributed by atoms with van der Waals surface area (Å²) in [5, 5.41) is 4.25. The summed E-state index contributed by atoms with van der Waals surface area (Å²) in [6, 6.07) is 0. The average molecular weight is 299 g/mol. The lowest BCUT2D eigenvalue weighted by Crippen LogP contribution is -2.48. The highest BCUT2D eigenvalue weighted by Crippen LogP contribution is 2.32. The number of aromatic amines is 1. The van der Waals surface area contributed by atoms with E-state index >= 15 is 0 Å². The van der Waals surface area contributed by atoms with Gasteiger partial charge in [0.2, 0.25) is 0 Å². The number of H-pyrrole nitrogens is 1. The number of nitrogens with one attached hydrogen (secondary N) is 1. The fourth-order valence-electron chi connectivity index (χ4n) is 2.91.